The van der Waals surface area contributed by atoms with E-state index in [9.17, 15) is 51.9 Å². The van der Waals surface area contributed by atoms with Crippen molar-refractivity contribution < 1.29 is 71.4 Å². The standard InChI is InChI=1S/C32H18N8O12S4.Zn/c41-53(42,43)21-19-20(22(54(44,45)46)24(56(50,51)52)23(21)55(47,48)49)32-39-30-18-12-6-4-10-16(18)28(37-30)35-26-14-8-2-1-7-13(14)25(33-26)34-27-15-9-3-5-11-17(15)29(36-27)38-31(19)40-32;/h1-12H,(H,41,42,43)(H,44,45,46)(H,47,48,49)(H,50,51,52)(H2,33,34,35,36,37,38,39,40);. The second-order valence-corrected chi connectivity index (χ2v) is 17.6. The Kier molecular flexibility index (Phi) is 8.59. The fourth-order valence-electron chi connectivity index (χ4n) is 6.75. The van der Waals surface area contributed by atoms with Crippen molar-refractivity contribution in [3.8, 4) is 45.6 Å². The topological polar surface area (TPSA) is 326 Å². The summed E-state index contributed by atoms with van der Waals surface area (Å²) in [7, 11) is -24.6. The van der Waals surface area contributed by atoms with E-state index in [0.29, 0.717) is 33.2 Å². The normalized spacial score (nSPS) is 13.0. The zero-order valence-corrected chi connectivity index (χ0v) is 34.2. The number of hydrogen-bond donors (Lipinski definition) is 6. The van der Waals surface area contributed by atoms with Crippen LogP contribution < -0.4 is 0 Å². The molecule has 7 aromatic rings. The van der Waals surface area contributed by atoms with Crippen LogP contribution in [0.3, 0.4) is 0 Å². The number of H-pyrrole nitrogens is 2. The molecule has 0 amide bonds. The van der Waals surface area contributed by atoms with Gasteiger partial charge in [0.15, 0.2) is 23.3 Å². The molecule has 8 bridgehead atoms. The van der Waals surface area contributed by atoms with Crippen LogP contribution in [0.2, 0.25) is 0 Å². The Morgan fingerprint density at radius 2 is 0.632 bits per heavy atom. The van der Waals surface area contributed by atoms with E-state index in [1.807, 2.05) is 0 Å². The summed E-state index contributed by atoms with van der Waals surface area (Å²) in [6.07, 6.45) is 0. The van der Waals surface area contributed by atoms with Crippen molar-refractivity contribution in [3.63, 3.8) is 0 Å². The molecule has 5 heterocycles. The van der Waals surface area contributed by atoms with Gasteiger partial charge in [0, 0.05) is 52.5 Å². The molecule has 0 fully saturated rings. The zero-order valence-electron chi connectivity index (χ0n) is 28.0. The zero-order chi connectivity index (χ0) is 39.7. The quantitative estimate of drug-likeness (QED) is 0.108. The van der Waals surface area contributed by atoms with Gasteiger partial charge in [-0.1, -0.05) is 72.8 Å². The maximum atomic E-state index is 13.2. The van der Waals surface area contributed by atoms with Gasteiger partial charge in [0.25, 0.3) is 40.5 Å². The van der Waals surface area contributed by atoms with Gasteiger partial charge < -0.3 is 9.97 Å². The molecule has 0 radical (unpaired) electrons. The van der Waals surface area contributed by atoms with Crippen molar-refractivity contribution in [1.29, 1.82) is 0 Å². The molecule has 284 valence electrons. The molecule has 20 nitrogen and oxygen atoms in total. The summed E-state index contributed by atoms with van der Waals surface area (Å²) in [4.78, 5) is 24.5. The minimum Gasteiger partial charge on any atom is -0.324 e. The van der Waals surface area contributed by atoms with Crippen molar-refractivity contribution in [2.75, 3.05) is 0 Å². The van der Waals surface area contributed by atoms with Gasteiger partial charge in [-0.3, -0.25) is 18.2 Å². The molecule has 0 atom stereocenters. The van der Waals surface area contributed by atoms with Gasteiger partial charge >= 0.3 is 0 Å². The largest absolute Gasteiger partial charge is 0.324 e. The monoisotopic (exact) mass is 898 g/mol. The molecule has 9 rings (SSSR count). The molecule has 2 aliphatic heterocycles. The molecular weight excluding hydrogens is 882 g/mol. The Hall–Kier alpha value is -5.50. The van der Waals surface area contributed by atoms with Gasteiger partial charge in [-0.25, -0.2) is 29.9 Å². The van der Waals surface area contributed by atoms with E-state index in [2.05, 4.69) is 29.9 Å². The van der Waals surface area contributed by atoms with E-state index in [1.54, 1.807) is 60.7 Å². The molecule has 6 N–H and O–H groups in total. The predicted molar refractivity (Wildman–Crippen MR) is 195 cm³/mol. The Morgan fingerprint density at radius 3 is 0.930 bits per heavy atom. The van der Waals surface area contributed by atoms with Crippen LogP contribution in [0.4, 0.5) is 0 Å². The van der Waals surface area contributed by atoms with Gasteiger partial charge in [0.2, 0.25) is 0 Å². The minimum atomic E-state index is -6.24. The van der Waals surface area contributed by atoms with Gasteiger partial charge in [-0.15, -0.1) is 0 Å². The molecule has 25 heteroatoms. The molecule has 0 aliphatic carbocycles. The van der Waals surface area contributed by atoms with E-state index in [-0.39, 0.29) is 53.9 Å². The van der Waals surface area contributed by atoms with Crippen LogP contribution in [0.1, 0.15) is 0 Å². The average Bonchev–Trinajstić information content (AvgIpc) is 3.84. The molecular formula is C32H18N8O12S4Zn. The summed E-state index contributed by atoms with van der Waals surface area (Å²) in [5.41, 5.74) is 0.187. The summed E-state index contributed by atoms with van der Waals surface area (Å²) in [5.74, 6) is -0.428. The molecule has 0 saturated carbocycles. The fraction of sp³-hybridized carbons (Fsp3) is 0. The SMILES string of the molecule is O=S(=O)(O)c1c(S(=O)(=O)O)c(S(=O)(=O)O)c2c3nc4nc(nc5[nH]c(nc6nc(nc([nH]3)c2c1S(=O)(=O)O)-c1ccccc1-6)c1ccccc51)-c1ccccc1-4.[Zn]. The van der Waals surface area contributed by atoms with E-state index in [1.165, 1.54) is 12.1 Å². The van der Waals surface area contributed by atoms with Crippen LogP contribution in [0.25, 0.3) is 89.7 Å². The van der Waals surface area contributed by atoms with Crippen molar-refractivity contribution in [2.24, 2.45) is 0 Å². The maximum absolute atomic E-state index is 13.2. The maximum Gasteiger partial charge on any atom is 0.297 e. The first-order chi connectivity index (χ1) is 26.3. The summed E-state index contributed by atoms with van der Waals surface area (Å²) in [5, 5.41) is -1.17. The van der Waals surface area contributed by atoms with Crippen LogP contribution in [0.15, 0.2) is 92.4 Å². The van der Waals surface area contributed by atoms with Crippen molar-refractivity contribution >= 4 is 84.6 Å². The van der Waals surface area contributed by atoms with Crippen LogP contribution in [-0.4, -0.2) is 91.8 Å². The van der Waals surface area contributed by atoms with Gasteiger partial charge in [0.05, 0.1) is 10.8 Å². The summed E-state index contributed by atoms with van der Waals surface area (Å²) in [6.45, 7) is 0. The third kappa shape index (κ3) is 6.11. The minimum absolute atomic E-state index is 0. The number of aromatic amines is 2. The number of aromatic nitrogens is 8. The Labute approximate surface area is 331 Å². The van der Waals surface area contributed by atoms with Crippen molar-refractivity contribution in [2.45, 2.75) is 19.6 Å². The van der Waals surface area contributed by atoms with Gasteiger partial charge in [-0.2, -0.15) is 33.7 Å². The number of benzene rings is 4. The summed E-state index contributed by atoms with van der Waals surface area (Å²) in [6, 6.07) is 19.9. The second-order valence-electron chi connectivity index (χ2n) is 12.2. The van der Waals surface area contributed by atoms with Crippen molar-refractivity contribution in [3.05, 3.63) is 72.8 Å². The Bertz CT molecular complexity index is 3380. The number of hydrogen-bond acceptors (Lipinski definition) is 14. The number of nitrogens with one attached hydrogen (secondary N) is 2. The Balaban J connectivity index is 0.00000455. The molecule has 57 heavy (non-hydrogen) atoms. The van der Waals surface area contributed by atoms with Crippen LogP contribution in [0, 0.1) is 0 Å². The van der Waals surface area contributed by atoms with E-state index >= 15 is 0 Å². The fourth-order valence-corrected chi connectivity index (χ4v) is 11.7. The molecule has 2 aliphatic rings. The number of nitrogens with zero attached hydrogens (tertiary/aromatic N) is 6. The van der Waals surface area contributed by atoms with Crippen LogP contribution in [0.5, 0.6) is 0 Å². The molecule has 3 aromatic heterocycles. The van der Waals surface area contributed by atoms with E-state index in [4.69, 9.17) is 9.97 Å². The summed E-state index contributed by atoms with van der Waals surface area (Å²) < 4.78 is 146. The van der Waals surface area contributed by atoms with Crippen molar-refractivity contribution in [1.82, 2.24) is 39.9 Å². The predicted octanol–water partition coefficient (Wildman–Crippen LogP) is 3.85. The second kappa shape index (κ2) is 12.8. The van der Waals surface area contributed by atoms with Gasteiger partial charge in [0.1, 0.15) is 42.2 Å². The molecule has 0 spiro atoms. The smallest absolute Gasteiger partial charge is 0.297 e. The molecule has 4 aromatic carbocycles. The van der Waals surface area contributed by atoms with Crippen LogP contribution in [-0.2, 0) is 60.0 Å². The molecule has 0 saturated heterocycles. The van der Waals surface area contributed by atoms with Crippen LogP contribution >= 0.6 is 0 Å². The first kappa shape index (κ1) is 38.4. The van der Waals surface area contributed by atoms with E-state index < -0.39 is 82.1 Å². The molecule has 0 unspecified atom stereocenters. The summed E-state index contributed by atoms with van der Waals surface area (Å²) >= 11 is 0. The first-order valence-corrected chi connectivity index (χ1v) is 21.3. The van der Waals surface area contributed by atoms with Gasteiger partial charge in [-0.05, 0) is 0 Å². The third-order valence-electron chi connectivity index (χ3n) is 8.85. The average molecular weight is 900 g/mol. The Morgan fingerprint density at radius 1 is 0.368 bits per heavy atom. The number of rotatable bonds is 4. The number of fused-ring (bicyclic) bond motifs is 20. The first-order valence-electron chi connectivity index (χ1n) is 15.5. The third-order valence-corrected chi connectivity index (χ3v) is 12.9. The van der Waals surface area contributed by atoms with E-state index in [0.717, 1.165) is 0 Å².